The van der Waals surface area contributed by atoms with Gasteiger partial charge in [-0.25, -0.2) is 18.0 Å². The van der Waals surface area contributed by atoms with Gasteiger partial charge < -0.3 is 10.4 Å². The van der Waals surface area contributed by atoms with Gasteiger partial charge in [-0.05, 0) is 48.6 Å². The Labute approximate surface area is 147 Å². The highest BCUT2D eigenvalue weighted by molar-refractivity contribution is 5.90. The van der Waals surface area contributed by atoms with Crippen LogP contribution in [0.2, 0.25) is 0 Å². The van der Waals surface area contributed by atoms with Gasteiger partial charge in [-0.2, -0.15) is 0 Å². The van der Waals surface area contributed by atoms with Gasteiger partial charge >= 0.3 is 5.97 Å². The van der Waals surface area contributed by atoms with Crippen LogP contribution in [0.15, 0.2) is 42.5 Å². The van der Waals surface area contributed by atoms with Crippen molar-refractivity contribution in [2.75, 3.05) is 0 Å². The van der Waals surface area contributed by atoms with Gasteiger partial charge in [0, 0.05) is 12.0 Å². The molecule has 0 spiro atoms. The molecule has 1 aliphatic carbocycles. The van der Waals surface area contributed by atoms with Gasteiger partial charge in [0.05, 0.1) is 0 Å². The molecule has 3 unspecified atom stereocenters. The van der Waals surface area contributed by atoms with Crippen molar-refractivity contribution >= 4 is 11.9 Å². The normalized spacial score (nSPS) is 20.9. The van der Waals surface area contributed by atoms with Gasteiger partial charge in [0.15, 0.2) is 5.54 Å². The lowest BCUT2D eigenvalue weighted by Gasteiger charge is -2.27. The average Bonchev–Trinajstić information content (AvgIpc) is 3.35. The highest BCUT2D eigenvalue weighted by Gasteiger charge is 2.48. The Morgan fingerprint density at radius 2 is 1.69 bits per heavy atom. The maximum Gasteiger partial charge on any atom is 0.333 e. The van der Waals surface area contributed by atoms with Crippen molar-refractivity contribution < 1.29 is 27.9 Å². The summed E-state index contributed by atoms with van der Waals surface area (Å²) in [5.41, 5.74) is -1.31. The Kier molecular flexibility index (Phi) is 4.48. The number of amides is 1. The second-order valence-corrected chi connectivity index (χ2v) is 6.54. The third-order valence-corrected chi connectivity index (χ3v) is 4.71. The van der Waals surface area contributed by atoms with Crippen molar-refractivity contribution in [2.45, 2.75) is 24.8 Å². The number of carbonyl (C=O) groups excluding carboxylic acids is 1. The van der Waals surface area contributed by atoms with Gasteiger partial charge in [-0.1, -0.05) is 18.2 Å². The Balaban J connectivity index is 1.78. The molecule has 2 aromatic carbocycles. The van der Waals surface area contributed by atoms with E-state index in [1.54, 1.807) is 0 Å². The summed E-state index contributed by atoms with van der Waals surface area (Å²) in [7, 11) is 0. The lowest BCUT2D eigenvalue weighted by Crippen LogP contribution is -2.50. The molecule has 1 aliphatic rings. The Morgan fingerprint density at radius 3 is 2.27 bits per heavy atom. The van der Waals surface area contributed by atoms with Crippen molar-refractivity contribution in [2.24, 2.45) is 5.92 Å². The van der Waals surface area contributed by atoms with Crippen molar-refractivity contribution in [3.05, 3.63) is 71.0 Å². The largest absolute Gasteiger partial charge is 0.479 e. The molecular formula is C19H16F3NO3. The molecule has 0 heterocycles. The molecule has 0 aliphatic heterocycles. The first-order chi connectivity index (χ1) is 12.2. The fourth-order valence-corrected chi connectivity index (χ4v) is 3.00. The fraction of sp³-hybridized carbons (Fsp3) is 0.263. The van der Waals surface area contributed by atoms with E-state index < -0.39 is 46.7 Å². The van der Waals surface area contributed by atoms with Crippen LogP contribution >= 0.6 is 0 Å². The van der Waals surface area contributed by atoms with Gasteiger partial charge in [0.1, 0.15) is 17.5 Å². The van der Waals surface area contributed by atoms with Crippen LogP contribution in [0.5, 0.6) is 0 Å². The lowest BCUT2D eigenvalue weighted by molar-refractivity contribution is -0.147. The molecule has 136 valence electrons. The standard InChI is InChI=1S/C19H16F3NO3/c1-19(18(25)26,10-2-4-11(20)5-3-10)23-17(24)15-9-14(15)13-7-6-12(21)8-16(13)22/h2-8,14-15H,9H2,1H3,(H,23,24)(H,25,26). The van der Waals surface area contributed by atoms with Crippen molar-refractivity contribution in [3.63, 3.8) is 0 Å². The third-order valence-electron chi connectivity index (χ3n) is 4.71. The molecular weight excluding hydrogens is 347 g/mol. The molecule has 0 bridgehead atoms. The number of hydrogen-bond acceptors (Lipinski definition) is 2. The summed E-state index contributed by atoms with van der Waals surface area (Å²) in [4.78, 5) is 24.2. The first-order valence-electron chi connectivity index (χ1n) is 7.99. The lowest BCUT2D eigenvalue weighted by atomic mass is 9.91. The van der Waals surface area contributed by atoms with E-state index in [9.17, 15) is 27.9 Å². The molecule has 7 heteroatoms. The Morgan fingerprint density at radius 1 is 1.08 bits per heavy atom. The second kappa shape index (κ2) is 6.48. The number of benzene rings is 2. The Bertz CT molecular complexity index is 869. The monoisotopic (exact) mass is 363 g/mol. The van der Waals surface area contributed by atoms with Gasteiger partial charge in [0.25, 0.3) is 0 Å². The number of hydrogen-bond donors (Lipinski definition) is 2. The minimum atomic E-state index is -1.75. The summed E-state index contributed by atoms with van der Waals surface area (Å²) < 4.78 is 39.9. The van der Waals surface area contributed by atoms with Gasteiger partial charge in [0.2, 0.25) is 5.91 Å². The molecule has 4 nitrogen and oxygen atoms in total. The number of nitrogens with one attached hydrogen (secondary N) is 1. The molecule has 26 heavy (non-hydrogen) atoms. The molecule has 2 N–H and O–H groups in total. The van der Waals surface area contributed by atoms with E-state index in [0.717, 1.165) is 24.3 Å². The zero-order valence-electron chi connectivity index (χ0n) is 13.8. The molecule has 1 saturated carbocycles. The molecule has 0 radical (unpaired) electrons. The van der Waals surface area contributed by atoms with Crippen LogP contribution in [0.4, 0.5) is 13.2 Å². The average molecular weight is 363 g/mol. The predicted molar refractivity (Wildman–Crippen MR) is 86.7 cm³/mol. The van der Waals surface area contributed by atoms with E-state index in [2.05, 4.69) is 5.32 Å². The minimum absolute atomic E-state index is 0.213. The maximum atomic E-state index is 13.8. The van der Waals surface area contributed by atoms with E-state index in [4.69, 9.17) is 0 Å². The third kappa shape index (κ3) is 3.29. The number of carboxylic acids is 1. The number of rotatable bonds is 5. The highest BCUT2D eigenvalue weighted by Crippen LogP contribution is 2.48. The molecule has 1 amide bonds. The zero-order chi connectivity index (χ0) is 19.1. The summed E-state index contributed by atoms with van der Waals surface area (Å²) in [5.74, 6) is -4.85. The first-order valence-corrected chi connectivity index (χ1v) is 7.99. The van der Waals surface area contributed by atoms with E-state index in [1.165, 1.54) is 25.1 Å². The van der Waals surface area contributed by atoms with Crippen LogP contribution in [0.25, 0.3) is 0 Å². The molecule has 2 aromatic rings. The number of halogens is 3. The fourth-order valence-electron chi connectivity index (χ4n) is 3.00. The highest BCUT2D eigenvalue weighted by atomic mass is 19.1. The van der Waals surface area contributed by atoms with Crippen LogP contribution in [-0.4, -0.2) is 17.0 Å². The summed E-state index contributed by atoms with van der Waals surface area (Å²) in [6, 6.07) is 7.95. The second-order valence-electron chi connectivity index (χ2n) is 6.54. The molecule has 0 saturated heterocycles. The van der Waals surface area contributed by atoms with Crippen molar-refractivity contribution in [1.29, 1.82) is 0 Å². The minimum Gasteiger partial charge on any atom is -0.479 e. The summed E-state index contributed by atoms with van der Waals surface area (Å²) >= 11 is 0. The van der Waals surface area contributed by atoms with Gasteiger partial charge in [-0.3, -0.25) is 4.79 Å². The first kappa shape index (κ1) is 18.0. The molecule has 3 rings (SSSR count). The predicted octanol–water partition coefficient (Wildman–Crippen LogP) is 3.32. The van der Waals surface area contributed by atoms with Crippen LogP contribution in [0.3, 0.4) is 0 Å². The van der Waals surface area contributed by atoms with Gasteiger partial charge in [-0.15, -0.1) is 0 Å². The van der Waals surface area contributed by atoms with Crippen LogP contribution in [0.1, 0.15) is 30.4 Å². The van der Waals surface area contributed by atoms with Crippen LogP contribution in [-0.2, 0) is 15.1 Å². The maximum absolute atomic E-state index is 13.8. The molecule has 3 atom stereocenters. The van der Waals surface area contributed by atoms with E-state index in [1.807, 2.05) is 0 Å². The smallest absolute Gasteiger partial charge is 0.333 e. The molecule has 0 aromatic heterocycles. The van der Waals surface area contributed by atoms with Crippen molar-refractivity contribution in [1.82, 2.24) is 5.32 Å². The number of aliphatic carboxylic acids is 1. The van der Waals surface area contributed by atoms with E-state index in [-0.39, 0.29) is 11.1 Å². The SMILES string of the molecule is CC(NC(=O)C1CC1c1ccc(F)cc1F)(C(=O)O)c1ccc(F)cc1. The van der Waals surface area contributed by atoms with Crippen molar-refractivity contribution in [3.8, 4) is 0 Å². The summed E-state index contributed by atoms with van der Waals surface area (Å²) in [5, 5.41) is 12.0. The number of carbonyl (C=O) groups is 2. The van der Waals surface area contributed by atoms with E-state index >= 15 is 0 Å². The molecule has 1 fully saturated rings. The Hall–Kier alpha value is -2.83. The zero-order valence-corrected chi connectivity index (χ0v) is 13.8. The van der Waals surface area contributed by atoms with Crippen LogP contribution < -0.4 is 5.32 Å². The summed E-state index contributed by atoms with van der Waals surface area (Å²) in [6.07, 6.45) is 0.341. The van der Waals surface area contributed by atoms with Crippen LogP contribution in [0, 0.1) is 23.4 Å². The topological polar surface area (TPSA) is 66.4 Å². The number of carboxylic acid groups (broad SMARTS) is 1. The summed E-state index contributed by atoms with van der Waals surface area (Å²) in [6.45, 7) is 1.30. The van der Waals surface area contributed by atoms with E-state index in [0.29, 0.717) is 6.42 Å². The quantitative estimate of drug-likeness (QED) is 0.856.